The van der Waals surface area contributed by atoms with Gasteiger partial charge in [-0.05, 0) is 18.2 Å². The minimum Gasteiger partial charge on any atom is -0.493 e. The largest absolute Gasteiger partial charge is 0.493 e. The normalized spacial score (nSPS) is 10.6. The Labute approximate surface area is 165 Å². The van der Waals surface area contributed by atoms with Crippen LogP contribution in [0, 0.1) is 0 Å². The van der Waals surface area contributed by atoms with Gasteiger partial charge in [0.05, 0.1) is 31.3 Å². The van der Waals surface area contributed by atoms with Crippen molar-refractivity contribution in [2.75, 3.05) is 24.9 Å². The Kier molecular flexibility index (Phi) is 4.86. The highest BCUT2D eigenvalue weighted by Crippen LogP contribution is 2.35. The number of carbonyl (C=O) groups is 1. The maximum atomic E-state index is 12.6. The van der Waals surface area contributed by atoms with Crippen LogP contribution >= 0.6 is 11.3 Å². The highest BCUT2D eigenvalue weighted by molar-refractivity contribution is 7.15. The average molecular weight is 394 g/mol. The first-order valence-electron chi connectivity index (χ1n) is 8.50. The van der Waals surface area contributed by atoms with Crippen molar-refractivity contribution in [2.24, 2.45) is 0 Å². The average Bonchev–Trinajstić information content (AvgIpc) is 3.30. The van der Waals surface area contributed by atoms with Crippen molar-refractivity contribution < 1.29 is 14.3 Å². The molecule has 8 heteroatoms. The van der Waals surface area contributed by atoms with Crippen molar-refractivity contribution in [1.82, 2.24) is 9.38 Å². The van der Waals surface area contributed by atoms with Crippen molar-refractivity contribution in [3.63, 3.8) is 0 Å². The molecule has 0 aliphatic heterocycles. The lowest BCUT2D eigenvalue weighted by molar-refractivity contribution is 0.262. The molecule has 0 aliphatic carbocycles. The number of nitrogens with zero attached hydrogens (tertiary/aromatic N) is 2. The lowest BCUT2D eigenvalue weighted by atomic mass is 10.1. The molecular formula is C20H18N4O3S. The van der Waals surface area contributed by atoms with Gasteiger partial charge in [-0.15, -0.1) is 11.3 Å². The Bertz CT molecular complexity index is 1110. The van der Waals surface area contributed by atoms with Crippen LogP contribution in [0.5, 0.6) is 11.5 Å². The standard InChI is InChI=1S/C20H18N4O3S/c1-26-17-9-5-8-15(18(17)27-2)22-19(25)21-14-7-4-3-6-13(14)16-12-24-10-11-28-20(24)23-16/h3-12H,1-2H3,(H2,21,22,25). The van der Waals surface area contributed by atoms with E-state index in [0.717, 1.165) is 16.2 Å². The first-order chi connectivity index (χ1) is 13.7. The van der Waals surface area contributed by atoms with E-state index in [4.69, 9.17) is 9.47 Å². The monoisotopic (exact) mass is 394 g/mol. The Morgan fingerprint density at radius 1 is 1.04 bits per heavy atom. The van der Waals surface area contributed by atoms with Gasteiger partial charge in [-0.3, -0.25) is 4.40 Å². The molecule has 2 N–H and O–H groups in total. The molecule has 7 nitrogen and oxygen atoms in total. The lowest BCUT2D eigenvalue weighted by Gasteiger charge is -2.14. The third kappa shape index (κ3) is 3.37. The molecule has 2 aromatic heterocycles. The van der Waals surface area contributed by atoms with Gasteiger partial charge in [0.1, 0.15) is 0 Å². The minimum absolute atomic E-state index is 0.389. The fraction of sp³-hybridized carbons (Fsp3) is 0.100. The number of aromatic nitrogens is 2. The second-order valence-electron chi connectivity index (χ2n) is 5.88. The Hall–Kier alpha value is -3.52. The molecule has 0 bridgehead atoms. The molecule has 0 saturated carbocycles. The fourth-order valence-corrected chi connectivity index (χ4v) is 3.63. The summed E-state index contributed by atoms with van der Waals surface area (Å²) in [5.74, 6) is 1.00. The van der Waals surface area contributed by atoms with Gasteiger partial charge in [0.15, 0.2) is 16.5 Å². The molecule has 0 fully saturated rings. The molecule has 0 saturated heterocycles. The van der Waals surface area contributed by atoms with Crippen molar-refractivity contribution in [3.05, 3.63) is 60.2 Å². The molecule has 142 valence electrons. The summed E-state index contributed by atoms with van der Waals surface area (Å²) in [6, 6.07) is 12.4. The van der Waals surface area contributed by atoms with Crippen molar-refractivity contribution >= 4 is 33.7 Å². The molecule has 0 unspecified atom stereocenters. The maximum Gasteiger partial charge on any atom is 0.323 e. The summed E-state index contributed by atoms with van der Waals surface area (Å²) < 4.78 is 12.6. The third-order valence-electron chi connectivity index (χ3n) is 4.20. The van der Waals surface area contributed by atoms with Crippen LogP contribution in [0.15, 0.2) is 60.2 Å². The highest BCUT2D eigenvalue weighted by Gasteiger charge is 2.15. The van der Waals surface area contributed by atoms with E-state index < -0.39 is 0 Å². The number of ether oxygens (including phenoxy) is 2. The van der Waals surface area contributed by atoms with Crippen LogP contribution in [0.4, 0.5) is 16.2 Å². The van der Waals surface area contributed by atoms with Crippen molar-refractivity contribution in [2.45, 2.75) is 0 Å². The molecule has 4 rings (SSSR count). The number of thiazole rings is 1. The number of urea groups is 1. The Morgan fingerprint density at radius 2 is 1.82 bits per heavy atom. The van der Waals surface area contributed by atoms with Crippen LogP contribution < -0.4 is 20.1 Å². The lowest BCUT2D eigenvalue weighted by Crippen LogP contribution is -2.20. The zero-order valence-corrected chi connectivity index (χ0v) is 16.1. The fourth-order valence-electron chi connectivity index (χ4n) is 2.93. The first kappa shape index (κ1) is 17.9. The summed E-state index contributed by atoms with van der Waals surface area (Å²) in [4.78, 5) is 18.1. The number of carbonyl (C=O) groups excluding carboxylic acids is 1. The molecular weight excluding hydrogens is 376 g/mol. The summed E-state index contributed by atoms with van der Waals surface area (Å²) in [6.07, 6.45) is 3.89. The van der Waals surface area contributed by atoms with Gasteiger partial charge >= 0.3 is 6.03 Å². The number of methoxy groups -OCH3 is 2. The number of hydrogen-bond acceptors (Lipinski definition) is 5. The van der Waals surface area contributed by atoms with Gasteiger partial charge in [0.25, 0.3) is 0 Å². The highest BCUT2D eigenvalue weighted by atomic mass is 32.1. The van der Waals surface area contributed by atoms with Crippen LogP contribution in [0.25, 0.3) is 16.2 Å². The predicted octanol–water partition coefficient (Wildman–Crippen LogP) is 4.72. The van der Waals surface area contributed by atoms with Gasteiger partial charge in [-0.1, -0.05) is 24.3 Å². The summed E-state index contributed by atoms with van der Waals surface area (Å²) in [6.45, 7) is 0. The summed E-state index contributed by atoms with van der Waals surface area (Å²) in [7, 11) is 3.08. The van der Waals surface area contributed by atoms with Crippen LogP contribution in [-0.2, 0) is 0 Å². The van der Waals surface area contributed by atoms with Gasteiger partial charge in [-0.25, -0.2) is 9.78 Å². The van der Waals surface area contributed by atoms with Gasteiger partial charge in [0.2, 0.25) is 0 Å². The molecule has 0 spiro atoms. The number of nitrogens with one attached hydrogen (secondary N) is 2. The van der Waals surface area contributed by atoms with E-state index in [2.05, 4.69) is 15.6 Å². The van der Waals surface area contributed by atoms with E-state index in [9.17, 15) is 4.79 Å². The number of fused-ring (bicyclic) bond motifs is 1. The van der Waals surface area contributed by atoms with Gasteiger partial charge < -0.3 is 20.1 Å². The third-order valence-corrected chi connectivity index (χ3v) is 4.97. The maximum absolute atomic E-state index is 12.6. The number of anilines is 2. The van der Waals surface area contributed by atoms with E-state index in [1.165, 1.54) is 7.11 Å². The molecule has 0 aliphatic rings. The van der Waals surface area contributed by atoms with E-state index in [1.54, 1.807) is 36.6 Å². The van der Waals surface area contributed by atoms with E-state index >= 15 is 0 Å². The van der Waals surface area contributed by atoms with Crippen LogP contribution in [-0.4, -0.2) is 29.6 Å². The number of hydrogen-bond donors (Lipinski definition) is 2. The zero-order valence-electron chi connectivity index (χ0n) is 15.3. The topological polar surface area (TPSA) is 76.9 Å². The van der Waals surface area contributed by atoms with E-state index in [1.807, 2.05) is 46.4 Å². The zero-order chi connectivity index (χ0) is 19.5. The SMILES string of the molecule is COc1cccc(NC(=O)Nc2ccccc2-c2cn3ccsc3n2)c1OC. The molecule has 28 heavy (non-hydrogen) atoms. The molecule has 2 amide bonds. The van der Waals surface area contributed by atoms with Crippen LogP contribution in [0.1, 0.15) is 0 Å². The smallest absolute Gasteiger partial charge is 0.323 e. The quantitative estimate of drug-likeness (QED) is 0.513. The number of para-hydroxylation sites is 2. The summed E-state index contributed by atoms with van der Waals surface area (Å²) in [5, 5.41) is 7.67. The van der Waals surface area contributed by atoms with E-state index in [0.29, 0.717) is 22.9 Å². The second-order valence-corrected chi connectivity index (χ2v) is 6.76. The number of rotatable bonds is 5. The second kappa shape index (κ2) is 7.61. The first-order valence-corrected chi connectivity index (χ1v) is 9.38. The Morgan fingerprint density at radius 3 is 2.61 bits per heavy atom. The van der Waals surface area contributed by atoms with Crippen molar-refractivity contribution in [3.8, 4) is 22.8 Å². The number of amides is 2. The van der Waals surface area contributed by atoms with Crippen LogP contribution in [0.2, 0.25) is 0 Å². The number of imidazole rings is 1. The van der Waals surface area contributed by atoms with Crippen molar-refractivity contribution in [1.29, 1.82) is 0 Å². The molecule has 0 atom stereocenters. The molecule has 2 heterocycles. The Balaban J connectivity index is 1.58. The van der Waals surface area contributed by atoms with Gasteiger partial charge in [0, 0.05) is 23.3 Å². The summed E-state index contributed by atoms with van der Waals surface area (Å²) >= 11 is 1.56. The number of benzene rings is 2. The predicted molar refractivity (Wildman–Crippen MR) is 111 cm³/mol. The minimum atomic E-state index is -0.389. The van der Waals surface area contributed by atoms with Gasteiger partial charge in [-0.2, -0.15) is 0 Å². The summed E-state index contributed by atoms with van der Waals surface area (Å²) in [5.41, 5.74) is 2.81. The molecule has 2 aromatic carbocycles. The molecule has 0 radical (unpaired) electrons. The van der Waals surface area contributed by atoms with Crippen LogP contribution in [0.3, 0.4) is 0 Å². The van der Waals surface area contributed by atoms with E-state index in [-0.39, 0.29) is 6.03 Å². The molecule has 4 aromatic rings.